The fourth-order valence-corrected chi connectivity index (χ4v) is 1.86. The van der Waals surface area contributed by atoms with Gasteiger partial charge in [-0.1, -0.05) is 23.7 Å². The van der Waals surface area contributed by atoms with Crippen LogP contribution in [0.4, 0.5) is 0 Å². The summed E-state index contributed by atoms with van der Waals surface area (Å²) in [5, 5.41) is 10.3. The van der Waals surface area contributed by atoms with Gasteiger partial charge in [-0.15, -0.1) is 0 Å². The van der Waals surface area contributed by atoms with Crippen LogP contribution in [0.1, 0.15) is 11.3 Å². The molecule has 0 radical (unpaired) electrons. The lowest BCUT2D eigenvalue weighted by Gasteiger charge is -2.04. The Morgan fingerprint density at radius 1 is 1.29 bits per heavy atom. The number of nitrogens with zero attached hydrogens (tertiary/aromatic N) is 2. The molecule has 0 aliphatic rings. The Morgan fingerprint density at radius 3 is 2.35 bits per heavy atom. The van der Waals surface area contributed by atoms with Crippen LogP contribution in [-0.4, -0.2) is 14.2 Å². The van der Waals surface area contributed by atoms with Gasteiger partial charge >= 0.3 is 5.69 Å². The van der Waals surface area contributed by atoms with Crippen molar-refractivity contribution in [1.29, 1.82) is 0 Å². The highest BCUT2D eigenvalue weighted by molar-refractivity contribution is 6.30. The van der Waals surface area contributed by atoms with Gasteiger partial charge in [0.2, 0.25) is 5.88 Å². The quantitative estimate of drug-likeness (QED) is 0.888. The third-order valence-corrected chi connectivity index (χ3v) is 3.07. The fraction of sp³-hybridized carbons (Fsp3) is 0.250. The molecule has 1 N–H and O–H groups in total. The van der Waals surface area contributed by atoms with Gasteiger partial charge in [0.25, 0.3) is 0 Å². The molecule has 0 unspecified atom stereocenters. The largest absolute Gasteiger partial charge is 0.493 e. The Hall–Kier alpha value is -1.68. The number of aromatic hydroxyl groups is 1. The Labute approximate surface area is 104 Å². The van der Waals surface area contributed by atoms with E-state index in [-0.39, 0.29) is 11.6 Å². The van der Waals surface area contributed by atoms with E-state index in [2.05, 4.69) is 0 Å². The van der Waals surface area contributed by atoms with Gasteiger partial charge in [0, 0.05) is 12.1 Å². The van der Waals surface area contributed by atoms with E-state index < -0.39 is 0 Å². The highest BCUT2D eigenvalue weighted by atomic mass is 35.5. The lowest BCUT2D eigenvalue weighted by molar-refractivity contribution is 0.425. The first-order valence-electron chi connectivity index (χ1n) is 5.20. The average Bonchev–Trinajstić information content (AvgIpc) is 2.50. The Kier molecular flexibility index (Phi) is 2.98. The van der Waals surface area contributed by atoms with Crippen molar-refractivity contribution < 1.29 is 5.11 Å². The first-order chi connectivity index (χ1) is 8.00. The summed E-state index contributed by atoms with van der Waals surface area (Å²) in [5.74, 6) is 0.00367. The third-order valence-electron chi connectivity index (χ3n) is 2.82. The first kappa shape index (κ1) is 11.8. The van der Waals surface area contributed by atoms with Gasteiger partial charge in [0.15, 0.2) is 0 Å². The van der Waals surface area contributed by atoms with Crippen molar-refractivity contribution in [3.05, 3.63) is 51.0 Å². The number of hydrogen-bond donors (Lipinski definition) is 1. The van der Waals surface area contributed by atoms with E-state index in [1.54, 1.807) is 26.1 Å². The lowest BCUT2D eigenvalue weighted by atomic mass is 10.2. The number of halogens is 1. The van der Waals surface area contributed by atoms with E-state index in [0.717, 1.165) is 5.56 Å². The summed E-state index contributed by atoms with van der Waals surface area (Å²) in [4.78, 5) is 11.8. The Bertz CT molecular complexity index is 596. The zero-order valence-corrected chi connectivity index (χ0v) is 10.4. The molecule has 0 amide bonds. The van der Waals surface area contributed by atoms with E-state index in [1.165, 1.54) is 9.13 Å². The van der Waals surface area contributed by atoms with Crippen LogP contribution in [0.3, 0.4) is 0 Å². The third kappa shape index (κ3) is 2.08. The molecule has 1 aromatic carbocycles. The normalized spacial score (nSPS) is 10.8. The van der Waals surface area contributed by atoms with Crippen molar-refractivity contribution in [1.82, 2.24) is 9.13 Å². The summed E-state index contributed by atoms with van der Waals surface area (Å²) < 4.78 is 2.75. The SMILES string of the molecule is Cc1c(O)n(C)c(=O)n1Cc1ccc(Cl)cc1. The van der Waals surface area contributed by atoms with Gasteiger partial charge in [-0.25, -0.2) is 4.79 Å². The number of imidazole rings is 1. The molecular weight excluding hydrogens is 240 g/mol. The fourth-order valence-electron chi connectivity index (χ4n) is 1.74. The molecule has 1 aromatic heterocycles. The molecule has 0 spiro atoms. The first-order valence-corrected chi connectivity index (χ1v) is 5.58. The molecule has 5 heteroatoms. The zero-order valence-electron chi connectivity index (χ0n) is 9.64. The Balaban J connectivity index is 2.40. The molecule has 4 nitrogen and oxygen atoms in total. The summed E-state index contributed by atoms with van der Waals surface area (Å²) in [7, 11) is 1.54. The molecular formula is C12H13ClN2O2. The van der Waals surface area contributed by atoms with Gasteiger partial charge in [-0.05, 0) is 24.6 Å². The maximum absolute atomic E-state index is 11.8. The van der Waals surface area contributed by atoms with Crippen LogP contribution in [0.25, 0.3) is 0 Å². The maximum atomic E-state index is 11.8. The molecule has 90 valence electrons. The van der Waals surface area contributed by atoms with Crippen LogP contribution in [0.2, 0.25) is 5.02 Å². The molecule has 0 bridgehead atoms. The molecule has 0 fully saturated rings. The number of aromatic nitrogens is 2. The van der Waals surface area contributed by atoms with Crippen molar-refractivity contribution in [2.45, 2.75) is 13.5 Å². The van der Waals surface area contributed by atoms with Crippen molar-refractivity contribution in [2.24, 2.45) is 7.05 Å². The minimum Gasteiger partial charge on any atom is -0.493 e. The molecule has 2 rings (SSSR count). The molecule has 0 aliphatic carbocycles. The monoisotopic (exact) mass is 252 g/mol. The zero-order chi connectivity index (χ0) is 12.6. The highest BCUT2D eigenvalue weighted by Gasteiger charge is 2.12. The smallest absolute Gasteiger partial charge is 0.331 e. The minimum atomic E-state index is -0.227. The topological polar surface area (TPSA) is 47.2 Å². The maximum Gasteiger partial charge on any atom is 0.331 e. The standard InChI is InChI=1S/C12H13ClN2O2/c1-8-11(16)14(2)12(17)15(8)7-9-3-5-10(13)6-4-9/h3-6,16H,7H2,1-2H3. The lowest BCUT2D eigenvalue weighted by Crippen LogP contribution is -2.23. The molecule has 0 saturated heterocycles. The highest BCUT2D eigenvalue weighted by Crippen LogP contribution is 2.15. The van der Waals surface area contributed by atoms with Crippen LogP contribution in [0.15, 0.2) is 29.1 Å². The van der Waals surface area contributed by atoms with Crippen LogP contribution >= 0.6 is 11.6 Å². The van der Waals surface area contributed by atoms with Gasteiger partial charge in [0.1, 0.15) is 0 Å². The number of rotatable bonds is 2. The summed E-state index contributed by atoms with van der Waals surface area (Å²) >= 11 is 5.79. The minimum absolute atomic E-state index is 0.00367. The van der Waals surface area contributed by atoms with Gasteiger partial charge in [-0.3, -0.25) is 9.13 Å². The molecule has 17 heavy (non-hydrogen) atoms. The van der Waals surface area contributed by atoms with Crippen molar-refractivity contribution >= 4 is 11.6 Å². The predicted octanol–water partition coefficient (Wildman–Crippen LogP) is 1.90. The van der Waals surface area contributed by atoms with E-state index >= 15 is 0 Å². The second-order valence-electron chi connectivity index (χ2n) is 3.96. The van der Waals surface area contributed by atoms with Crippen molar-refractivity contribution in [3.8, 4) is 5.88 Å². The Morgan fingerprint density at radius 2 is 1.88 bits per heavy atom. The van der Waals surface area contributed by atoms with Crippen LogP contribution in [0.5, 0.6) is 5.88 Å². The molecule has 0 aliphatic heterocycles. The van der Waals surface area contributed by atoms with Crippen molar-refractivity contribution in [3.63, 3.8) is 0 Å². The molecule has 0 saturated carbocycles. The number of hydrogen-bond acceptors (Lipinski definition) is 2. The van der Waals surface area contributed by atoms with Crippen LogP contribution in [-0.2, 0) is 13.6 Å². The van der Waals surface area contributed by atoms with Gasteiger partial charge in [0.05, 0.1) is 12.2 Å². The average molecular weight is 253 g/mol. The summed E-state index contributed by atoms with van der Waals surface area (Å²) in [6.07, 6.45) is 0. The van der Waals surface area contributed by atoms with Crippen LogP contribution in [0, 0.1) is 6.92 Å². The summed E-state index contributed by atoms with van der Waals surface area (Å²) in [6, 6.07) is 7.27. The number of benzene rings is 1. The molecule has 1 heterocycles. The van der Waals surface area contributed by atoms with E-state index in [4.69, 9.17) is 11.6 Å². The van der Waals surface area contributed by atoms with E-state index in [0.29, 0.717) is 17.3 Å². The van der Waals surface area contributed by atoms with Crippen molar-refractivity contribution in [2.75, 3.05) is 0 Å². The van der Waals surface area contributed by atoms with Gasteiger partial charge < -0.3 is 5.11 Å². The predicted molar refractivity (Wildman–Crippen MR) is 66.6 cm³/mol. The van der Waals surface area contributed by atoms with E-state index in [1.807, 2.05) is 12.1 Å². The van der Waals surface area contributed by atoms with E-state index in [9.17, 15) is 9.90 Å². The summed E-state index contributed by atoms with van der Waals surface area (Å²) in [6.45, 7) is 2.14. The summed E-state index contributed by atoms with van der Waals surface area (Å²) in [5.41, 5.74) is 1.30. The van der Waals surface area contributed by atoms with Gasteiger partial charge in [-0.2, -0.15) is 0 Å². The second-order valence-corrected chi connectivity index (χ2v) is 4.40. The van der Waals surface area contributed by atoms with Crippen LogP contribution < -0.4 is 5.69 Å². The molecule has 0 atom stereocenters. The molecule has 2 aromatic rings. The second kappa shape index (κ2) is 4.30.